The van der Waals surface area contributed by atoms with Crippen molar-refractivity contribution in [3.8, 4) is 5.75 Å². The first kappa shape index (κ1) is 29.7. The van der Waals surface area contributed by atoms with E-state index in [1.165, 1.54) is 36.0 Å². The van der Waals surface area contributed by atoms with Crippen molar-refractivity contribution in [2.75, 3.05) is 18.6 Å². The summed E-state index contributed by atoms with van der Waals surface area (Å²) in [5, 5.41) is 44.0. The molecule has 0 heterocycles. The average molecular weight is 515 g/mol. The third-order valence-corrected chi connectivity index (χ3v) is 5.43. The lowest BCUT2D eigenvalue weighted by Crippen LogP contribution is -2.58. The van der Waals surface area contributed by atoms with E-state index in [1.54, 1.807) is 6.26 Å². The minimum atomic E-state index is -1.51. The number of phenolic OH excluding ortho intramolecular Hbond substituents is 1. The zero-order valence-corrected chi connectivity index (χ0v) is 19.8. The number of rotatable bonds is 15. The highest BCUT2D eigenvalue weighted by Gasteiger charge is 2.30. The smallest absolute Gasteiger partial charge is 0.326 e. The van der Waals surface area contributed by atoms with Crippen LogP contribution in [0.3, 0.4) is 0 Å². The summed E-state index contributed by atoms with van der Waals surface area (Å²) < 4.78 is 0. The fourth-order valence-electron chi connectivity index (χ4n) is 2.87. The highest BCUT2D eigenvalue weighted by Crippen LogP contribution is 2.12. The third kappa shape index (κ3) is 10.6. The van der Waals surface area contributed by atoms with Crippen molar-refractivity contribution in [3.05, 3.63) is 29.8 Å². The summed E-state index contributed by atoms with van der Waals surface area (Å²) in [7, 11) is 0. The molecule has 0 spiro atoms. The van der Waals surface area contributed by atoms with Crippen LogP contribution in [0.4, 0.5) is 0 Å². The molecule has 14 heteroatoms. The Labute approximate surface area is 205 Å². The lowest BCUT2D eigenvalue weighted by atomic mass is 10.0. The molecular weight excluding hydrogens is 484 g/mol. The lowest BCUT2D eigenvalue weighted by Gasteiger charge is -2.24. The zero-order valence-electron chi connectivity index (χ0n) is 19.0. The van der Waals surface area contributed by atoms with E-state index < -0.39 is 66.9 Å². The van der Waals surface area contributed by atoms with Crippen LogP contribution in [0, 0.1) is 0 Å². The number of hydrogen-bond acceptors (Lipinski definition) is 9. The van der Waals surface area contributed by atoms with Gasteiger partial charge in [0.1, 0.15) is 23.9 Å². The summed E-state index contributed by atoms with van der Waals surface area (Å²) >= 11 is 1.38. The number of aliphatic hydroxyl groups excluding tert-OH is 1. The van der Waals surface area contributed by atoms with Crippen LogP contribution in [0.15, 0.2) is 24.3 Å². The lowest BCUT2D eigenvalue weighted by molar-refractivity contribution is -0.142. The standard InChI is InChI=1S/C21H30N4O9S/c1-35-7-6-14(23-20(32)16(10-26)25-18(30)13(22)9-17(28)29)19(31)24-15(21(33)34)8-11-2-4-12(27)5-3-11/h2-5,13-16,26-27H,6-10,22H2,1H3,(H,23,32)(H,24,31)(H,25,30)(H,28,29)(H,33,34). The Kier molecular flexibility index (Phi) is 12.6. The summed E-state index contributed by atoms with van der Waals surface area (Å²) in [6, 6.07) is 0.285. The number of carboxylic acid groups (broad SMARTS) is 2. The summed E-state index contributed by atoms with van der Waals surface area (Å²) in [5.74, 6) is -4.92. The van der Waals surface area contributed by atoms with Crippen LogP contribution in [0.25, 0.3) is 0 Å². The number of amides is 3. The van der Waals surface area contributed by atoms with E-state index in [-0.39, 0.29) is 18.6 Å². The van der Waals surface area contributed by atoms with E-state index in [4.69, 9.17) is 10.8 Å². The van der Waals surface area contributed by atoms with Gasteiger partial charge in [-0.25, -0.2) is 4.79 Å². The quantitative estimate of drug-likeness (QED) is 0.128. The number of hydrogen-bond donors (Lipinski definition) is 8. The van der Waals surface area contributed by atoms with Crippen molar-refractivity contribution >= 4 is 41.4 Å². The predicted molar refractivity (Wildman–Crippen MR) is 126 cm³/mol. The molecule has 35 heavy (non-hydrogen) atoms. The van der Waals surface area contributed by atoms with Gasteiger partial charge in [-0.3, -0.25) is 19.2 Å². The van der Waals surface area contributed by atoms with Crippen LogP contribution in [0.1, 0.15) is 18.4 Å². The molecule has 4 atom stereocenters. The van der Waals surface area contributed by atoms with Gasteiger partial charge in [0.15, 0.2) is 0 Å². The Morgan fingerprint density at radius 3 is 1.97 bits per heavy atom. The molecule has 13 nitrogen and oxygen atoms in total. The van der Waals surface area contributed by atoms with E-state index in [1.807, 2.05) is 0 Å². The van der Waals surface area contributed by atoms with Gasteiger partial charge in [0.05, 0.1) is 19.1 Å². The van der Waals surface area contributed by atoms with E-state index in [0.717, 1.165) is 0 Å². The Balaban J connectivity index is 2.89. The zero-order chi connectivity index (χ0) is 26.5. The van der Waals surface area contributed by atoms with Gasteiger partial charge in [-0.2, -0.15) is 11.8 Å². The number of carbonyl (C=O) groups is 5. The van der Waals surface area contributed by atoms with Gasteiger partial charge in [0.25, 0.3) is 0 Å². The van der Waals surface area contributed by atoms with Crippen molar-refractivity contribution in [2.24, 2.45) is 5.73 Å². The van der Waals surface area contributed by atoms with Crippen LogP contribution in [0.2, 0.25) is 0 Å². The molecule has 0 fully saturated rings. The molecule has 0 radical (unpaired) electrons. The largest absolute Gasteiger partial charge is 0.508 e. The molecule has 1 aromatic rings. The predicted octanol–water partition coefficient (Wildman–Crippen LogP) is -1.98. The van der Waals surface area contributed by atoms with Crippen molar-refractivity contribution in [2.45, 2.75) is 43.4 Å². The first-order chi connectivity index (χ1) is 16.5. The van der Waals surface area contributed by atoms with Gasteiger partial charge in [0, 0.05) is 6.42 Å². The number of carbonyl (C=O) groups excluding carboxylic acids is 3. The number of nitrogens with one attached hydrogen (secondary N) is 3. The number of thioether (sulfide) groups is 1. The Bertz CT molecular complexity index is 897. The number of carboxylic acids is 2. The molecule has 1 aromatic carbocycles. The summed E-state index contributed by atoms with van der Waals surface area (Å²) in [6.45, 7) is -0.854. The van der Waals surface area contributed by atoms with Crippen LogP contribution < -0.4 is 21.7 Å². The molecule has 4 unspecified atom stereocenters. The van der Waals surface area contributed by atoms with Gasteiger partial charge in [0.2, 0.25) is 17.7 Å². The average Bonchev–Trinajstić information content (AvgIpc) is 2.79. The van der Waals surface area contributed by atoms with E-state index >= 15 is 0 Å². The summed E-state index contributed by atoms with van der Waals surface area (Å²) in [6.07, 6.45) is 1.11. The van der Waals surface area contributed by atoms with E-state index in [0.29, 0.717) is 11.3 Å². The maximum atomic E-state index is 12.8. The van der Waals surface area contributed by atoms with Crippen molar-refractivity contribution < 1.29 is 44.4 Å². The molecular formula is C21H30N4O9S. The highest BCUT2D eigenvalue weighted by atomic mass is 32.2. The van der Waals surface area contributed by atoms with Gasteiger partial charge in [-0.15, -0.1) is 0 Å². The van der Waals surface area contributed by atoms with Gasteiger partial charge in [-0.05, 0) is 36.1 Å². The van der Waals surface area contributed by atoms with Crippen LogP contribution in [-0.4, -0.2) is 92.9 Å². The Morgan fingerprint density at radius 1 is 0.914 bits per heavy atom. The van der Waals surface area contributed by atoms with Crippen LogP contribution >= 0.6 is 11.8 Å². The normalized spacial score (nSPS) is 14.1. The highest BCUT2D eigenvalue weighted by molar-refractivity contribution is 7.98. The first-order valence-corrected chi connectivity index (χ1v) is 11.9. The number of nitrogens with two attached hydrogens (primary N) is 1. The maximum absolute atomic E-state index is 12.8. The second-order valence-electron chi connectivity index (χ2n) is 7.56. The molecule has 0 bridgehead atoms. The van der Waals surface area contributed by atoms with E-state index in [9.17, 15) is 39.3 Å². The Morgan fingerprint density at radius 2 is 1.46 bits per heavy atom. The topological polar surface area (TPSA) is 228 Å². The second kappa shape index (κ2) is 14.8. The number of aliphatic hydroxyl groups is 1. The van der Waals surface area contributed by atoms with Crippen molar-refractivity contribution in [3.63, 3.8) is 0 Å². The van der Waals surface area contributed by atoms with Crippen molar-refractivity contribution in [1.82, 2.24) is 16.0 Å². The van der Waals surface area contributed by atoms with Gasteiger partial charge in [-0.1, -0.05) is 12.1 Å². The van der Waals surface area contributed by atoms with Crippen LogP contribution in [-0.2, 0) is 30.4 Å². The molecule has 0 aliphatic rings. The molecule has 0 saturated carbocycles. The van der Waals surface area contributed by atoms with E-state index in [2.05, 4.69) is 16.0 Å². The minimum Gasteiger partial charge on any atom is -0.508 e. The molecule has 0 aliphatic heterocycles. The minimum absolute atomic E-state index is 0.000974. The van der Waals surface area contributed by atoms with Crippen molar-refractivity contribution in [1.29, 1.82) is 0 Å². The monoisotopic (exact) mass is 514 g/mol. The summed E-state index contributed by atoms with van der Waals surface area (Å²) in [4.78, 5) is 59.8. The molecule has 1 rings (SSSR count). The molecule has 194 valence electrons. The third-order valence-electron chi connectivity index (χ3n) is 4.78. The Hall–Kier alpha value is -3.36. The van der Waals surface area contributed by atoms with Crippen LogP contribution in [0.5, 0.6) is 5.75 Å². The fraction of sp³-hybridized carbons (Fsp3) is 0.476. The molecule has 9 N–H and O–H groups in total. The first-order valence-electron chi connectivity index (χ1n) is 10.5. The number of aromatic hydroxyl groups is 1. The fourth-order valence-corrected chi connectivity index (χ4v) is 3.34. The molecule has 0 aliphatic carbocycles. The molecule has 3 amide bonds. The maximum Gasteiger partial charge on any atom is 0.326 e. The molecule has 0 saturated heterocycles. The number of aliphatic carboxylic acids is 2. The SMILES string of the molecule is CSCCC(NC(=O)C(CO)NC(=O)C(N)CC(=O)O)C(=O)NC(Cc1ccc(O)cc1)C(=O)O. The number of benzene rings is 1. The molecule has 0 aromatic heterocycles. The summed E-state index contributed by atoms with van der Waals surface area (Å²) in [5.41, 5.74) is 5.99. The number of phenols is 1. The second-order valence-corrected chi connectivity index (χ2v) is 8.55. The van der Waals surface area contributed by atoms with Gasteiger partial charge >= 0.3 is 11.9 Å². The van der Waals surface area contributed by atoms with Gasteiger partial charge < -0.3 is 42.1 Å².